The van der Waals surface area contributed by atoms with E-state index in [2.05, 4.69) is 15.9 Å². The molecular formula is C11H11BrO2. The molecule has 3 heteroatoms. The van der Waals surface area contributed by atoms with Crippen LogP contribution < -0.4 is 0 Å². The van der Waals surface area contributed by atoms with Gasteiger partial charge in [-0.25, -0.2) is 0 Å². The molecular weight excluding hydrogens is 244 g/mol. The Labute approximate surface area is 90.4 Å². The SMILES string of the molecule is BrC12C3C4C5C(C(C43)C13OCCO3)C52. The predicted octanol–water partition coefficient (Wildman–Crippen LogP) is 1.24. The van der Waals surface area contributed by atoms with Crippen molar-refractivity contribution in [2.24, 2.45) is 41.4 Å². The van der Waals surface area contributed by atoms with E-state index >= 15 is 0 Å². The van der Waals surface area contributed by atoms with E-state index in [1.807, 2.05) is 0 Å². The first-order chi connectivity index (χ1) is 6.82. The molecule has 7 fully saturated rings. The second kappa shape index (κ2) is 1.47. The highest BCUT2D eigenvalue weighted by Crippen LogP contribution is 3.00. The Hall–Kier alpha value is 0.400. The average Bonchev–Trinajstić information content (AvgIpc) is 2.87. The van der Waals surface area contributed by atoms with Crippen molar-refractivity contribution in [3.63, 3.8) is 0 Å². The largest absolute Gasteiger partial charge is 0.346 e. The van der Waals surface area contributed by atoms with Gasteiger partial charge in [-0.3, -0.25) is 0 Å². The van der Waals surface area contributed by atoms with Crippen LogP contribution in [0, 0.1) is 41.4 Å². The summed E-state index contributed by atoms with van der Waals surface area (Å²) in [5, 5.41) is 0. The van der Waals surface area contributed by atoms with E-state index < -0.39 is 0 Å². The summed E-state index contributed by atoms with van der Waals surface area (Å²) in [6.45, 7) is 1.64. The fourth-order valence-electron chi connectivity index (χ4n) is 6.30. The molecule has 7 rings (SSSR count). The van der Waals surface area contributed by atoms with Gasteiger partial charge in [-0.2, -0.15) is 0 Å². The molecule has 2 bridgehead atoms. The second-order valence-electron chi connectivity index (χ2n) is 6.02. The summed E-state index contributed by atoms with van der Waals surface area (Å²) in [5.74, 6) is 6.56. The van der Waals surface area contributed by atoms with Crippen LogP contribution in [0.4, 0.5) is 0 Å². The van der Waals surface area contributed by atoms with Crippen molar-refractivity contribution in [3.8, 4) is 0 Å². The third kappa shape index (κ3) is 0.344. The molecule has 2 nitrogen and oxygen atoms in total. The van der Waals surface area contributed by atoms with E-state index in [0.29, 0.717) is 0 Å². The van der Waals surface area contributed by atoms with Crippen molar-refractivity contribution in [2.75, 3.05) is 13.2 Å². The number of halogens is 1. The minimum atomic E-state index is -0.166. The number of rotatable bonds is 0. The van der Waals surface area contributed by atoms with E-state index in [0.717, 1.165) is 54.6 Å². The van der Waals surface area contributed by atoms with Gasteiger partial charge in [-0.1, -0.05) is 15.9 Å². The first-order valence-corrected chi connectivity index (χ1v) is 6.58. The smallest absolute Gasteiger partial charge is 0.187 e. The molecule has 0 aromatic carbocycles. The highest BCUT2D eigenvalue weighted by atomic mass is 79.9. The van der Waals surface area contributed by atoms with E-state index in [4.69, 9.17) is 9.47 Å². The normalized spacial score (nSPS) is 81.6. The Balaban J connectivity index is 1.70. The minimum absolute atomic E-state index is 0.166. The molecule has 0 N–H and O–H groups in total. The Morgan fingerprint density at radius 3 is 1.86 bits per heavy atom. The minimum Gasteiger partial charge on any atom is -0.346 e. The summed E-state index contributed by atoms with van der Waals surface area (Å²) in [7, 11) is 0. The van der Waals surface area contributed by atoms with Crippen molar-refractivity contribution in [2.45, 2.75) is 10.1 Å². The average molecular weight is 255 g/mol. The molecule has 0 amide bonds. The maximum atomic E-state index is 6.04. The Morgan fingerprint density at radius 1 is 0.857 bits per heavy atom. The molecule has 14 heavy (non-hydrogen) atoms. The summed E-state index contributed by atoms with van der Waals surface area (Å²) >= 11 is 4.06. The van der Waals surface area contributed by atoms with Crippen LogP contribution in [0.1, 0.15) is 0 Å². The molecule has 6 unspecified atom stereocenters. The van der Waals surface area contributed by atoms with Crippen molar-refractivity contribution in [1.29, 1.82) is 0 Å². The van der Waals surface area contributed by atoms with Gasteiger partial charge in [0, 0.05) is 5.92 Å². The number of ether oxygens (including phenoxy) is 2. The molecule has 7 aliphatic rings. The van der Waals surface area contributed by atoms with E-state index in [9.17, 15) is 0 Å². The van der Waals surface area contributed by atoms with Crippen LogP contribution >= 0.6 is 15.9 Å². The predicted molar refractivity (Wildman–Crippen MR) is 50.7 cm³/mol. The van der Waals surface area contributed by atoms with Gasteiger partial charge in [0.2, 0.25) is 0 Å². The molecule has 0 aromatic rings. The third-order valence-corrected chi connectivity index (χ3v) is 7.81. The van der Waals surface area contributed by atoms with Gasteiger partial charge in [0.05, 0.1) is 17.5 Å². The molecule has 1 heterocycles. The van der Waals surface area contributed by atoms with Crippen LogP contribution in [0.5, 0.6) is 0 Å². The van der Waals surface area contributed by atoms with Gasteiger partial charge < -0.3 is 9.47 Å². The van der Waals surface area contributed by atoms with Crippen molar-refractivity contribution >= 4 is 15.9 Å². The number of alkyl halides is 1. The number of hydrogen-bond acceptors (Lipinski definition) is 2. The van der Waals surface area contributed by atoms with Crippen LogP contribution in [0.3, 0.4) is 0 Å². The van der Waals surface area contributed by atoms with E-state index in [1.54, 1.807) is 0 Å². The van der Waals surface area contributed by atoms with Gasteiger partial charge in [-0.05, 0) is 35.5 Å². The van der Waals surface area contributed by atoms with Gasteiger partial charge in [0.25, 0.3) is 0 Å². The number of hydrogen-bond donors (Lipinski definition) is 0. The summed E-state index contributed by atoms with van der Waals surface area (Å²) in [4.78, 5) is 0. The highest BCUT2D eigenvalue weighted by molar-refractivity contribution is 9.10. The lowest BCUT2D eigenvalue weighted by Crippen LogP contribution is -2.49. The maximum Gasteiger partial charge on any atom is 0.187 e. The zero-order valence-electron chi connectivity index (χ0n) is 7.65. The Kier molecular flexibility index (Phi) is 0.723. The van der Waals surface area contributed by atoms with Crippen molar-refractivity contribution in [3.05, 3.63) is 0 Å². The highest BCUT2D eigenvalue weighted by Gasteiger charge is 3.03. The molecule has 6 saturated carbocycles. The second-order valence-corrected chi connectivity index (χ2v) is 7.33. The van der Waals surface area contributed by atoms with Crippen LogP contribution in [-0.4, -0.2) is 23.3 Å². The molecule has 0 radical (unpaired) electrons. The Morgan fingerprint density at radius 2 is 1.43 bits per heavy atom. The Bertz CT molecular complexity index is 367. The molecule has 74 valence electrons. The third-order valence-electron chi connectivity index (χ3n) is 6.20. The fraction of sp³-hybridized carbons (Fsp3) is 1.00. The molecule has 6 atom stereocenters. The van der Waals surface area contributed by atoms with E-state index in [1.165, 1.54) is 0 Å². The molecule has 6 aliphatic carbocycles. The topological polar surface area (TPSA) is 18.5 Å². The fourth-order valence-corrected chi connectivity index (χ4v) is 8.02. The monoisotopic (exact) mass is 254 g/mol. The first kappa shape index (κ1) is 6.87. The van der Waals surface area contributed by atoms with Gasteiger partial charge in [-0.15, -0.1) is 0 Å². The van der Waals surface area contributed by atoms with Crippen molar-refractivity contribution < 1.29 is 9.47 Å². The lowest BCUT2D eigenvalue weighted by Gasteiger charge is -2.37. The summed E-state index contributed by atoms with van der Waals surface area (Å²) in [5.41, 5.74) is 0. The standard InChI is InChI=1S/C11H11BrO2/c12-10-7-3-4-6(8(4)10)9(5(3)7)11(10)13-1-2-14-11/h3-9H,1-2H2. The summed E-state index contributed by atoms with van der Waals surface area (Å²) < 4.78 is 12.3. The zero-order valence-corrected chi connectivity index (χ0v) is 9.24. The molecule has 0 aromatic heterocycles. The van der Waals surface area contributed by atoms with Gasteiger partial charge in [0.15, 0.2) is 5.79 Å². The summed E-state index contributed by atoms with van der Waals surface area (Å²) in [6, 6.07) is 0. The van der Waals surface area contributed by atoms with Gasteiger partial charge >= 0.3 is 0 Å². The first-order valence-electron chi connectivity index (χ1n) is 5.79. The maximum absolute atomic E-state index is 6.04. The van der Waals surface area contributed by atoms with Crippen LogP contribution in [0.15, 0.2) is 0 Å². The summed E-state index contributed by atoms with van der Waals surface area (Å²) in [6.07, 6.45) is 0. The van der Waals surface area contributed by atoms with Crippen LogP contribution in [0.2, 0.25) is 0 Å². The molecule has 1 saturated heterocycles. The molecule has 1 spiro atoms. The zero-order chi connectivity index (χ0) is 8.87. The lowest BCUT2D eigenvalue weighted by molar-refractivity contribution is -0.191. The van der Waals surface area contributed by atoms with Gasteiger partial charge in [0.1, 0.15) is 0 Å². The van der Waals surface area contributed by atoms with Crippen LogP contribution in [-0.2, 0) is 9.47 Å². The lowest BCUT2D eigenvalue weighted by atomic mass is 9.98. The quantitative estimate of drug-likeness (QED) is 0.606. The van der Waals surface area contributed by atoms with Crippen molar-refractivity contribution in [1.82, 2.24) is 0 Å². The van der Waals surface area contributed by atoms with E-state index in [-0.39, 0.29) is 10.1 Å². The van der Waals surface area contributed by atoms with Crippen LogP contribution in [0.25, 0.3) is 0 Å². The molecule has 1 aliphatic heterocycles.